The number of rotatable bonds is 7. The molecule has 0 spiro atoms. The second kappa shape index (κ2) is 8.36. The Balaban J connectivity index is 2.07. The van der Waals surface area contributed by atoms with Crippen molar-refractivity contribution >= 4 is 0 Å². The summed E-state index contributed by atoms with van der Waals surface area (Å²) in [6, 6.07) is 9.72. The largest absolute Gasteiger partial charge is 0.204 e. The number of hydrogen-bond donors (Lipinski definition) is 0. The number of benzene rings is 2. The molecule has 2 unspecified atom stereocenters. The summed E-state index contributed by atoms with van der Waals surface area (Å²) in [6.45, 7) is 6.70. The first-order chi connectivity index (χ1) is 11.4. The molecule has 0 fully saturated rings. The SMILES string of the molecule is CCCC(C)CCC(C)c1ccc(-c2cc(F)c(F)c(F)c2)cc1. The minimum Gasteiger partial charge on any atom is -0.204 e. The van der Waals surface area contributed by atoms with Gasteiger partial charge in [0.2, 0.25) is 0 Å². The van der Waals surface area contributed by atoms with Crippen LogP contribution in [-0.4, -0.2) is 0 Å². The van der Waals surface area contributed by atoms with Gasteiger partial charge in [0.05, 0.1) is 0 Å². The minimum absolute atomic E-state index is 0.349. The predicted octanol–water partition coefficient (Wildman–Crippen LogP) is 7.09. The Bertz CT molecular complexity index is 638. The van der Waals surface area contributed by atoms with Crippen molar-refractivity contribution in [2.45, 2.75) is 52.4 Å². The van der Waals surface area contributed by atoms with Gasteiger partial charge in [-0.15, -0.1) is 0 Å². The molecule has 2 aromatic carbocycles. The molecular weight excluding hydrogens is 309 g/mol. The summed E-state index contributed by atoms with van der Waals surface area (Å²) in [5.41, 5.74) is 2.25. The smallest absolute Gasteiger partial charge is 0.194 e. The highest BCUT2D eigenvalue weighted by Gasteiger charge is 2.12. The van der Waals surface area contributed by atoms with Crippen molar-refractivity contribution in [1.82, 2.24) is 0 Å². The van der Waals surface area contributed by atoms with Gasteiger partial charge in [0, 0.05) is 0 Å². The lowest BCUT2D eigenvalue weighted by molar-refractivity contribution is 0.447. The van der Waals surface area contributed by atoms with E-state index in [-0.39, 0.29) is 0 Å². The second-order valence-corrected chi connectivity index (χ2v) is 6.75. The zero-order valence-corrected chi connectivity index (χ0v) is 14.6. The molecule has 0 saturated heterocycles. The zero-order chi connectivity index (χ0) is 17.7. The first-order valence-electron chi connectivity index (χ1n) is 8.67. The molecule has 2 aromatic rings. The molecule has 0 aliphatic carbocycles. The summed E-state index contributed by atoms with van der Waals surface area (Å²) >= 11 is 0. The monoisotopic (exact) mass is 334 g/mol. The van der Waals surface area contributed by atoms with Gasteiger partial charge < -0.3 is 0 Å². The molecule has 130 valence electrons. The molecule has 24 heavy (non-hydrogen) atoms. The third-order valence-corrected chi connectivity index (χ3v) is 4.67. The minimum atomic E-state index is -1.43. The van der Waals surface area contributed by atoms with Crippen LogP contribution in [0.4, 0.5) is 13.2 Å². The van der Waals surface area contributed by atoms with Crippen molar-refractivity contribution in [3.63, 3.8) is 0 Å². The lowest BCUT2D eigenvalue weighted by atomic mass is 9.90. The van der Waals surface area contributed by atoms with Gasteiger partial charge in [0.25, 0.3) is 0 Å². The number of halogens is 3. The fourth-order valence-corrected chi connectivity index (χ4v) is 3.06. The van der Waals surface area contributed by atoms with E-state index < -0.39 is 17.5 Å². The van der Waals surface area contributed by atoms with Crippen LogP contribution in [0.5, 0.6) is 0 Å². The molecule has 0 heterocycles. The molecule has 0 nitrogen and oxygen atoms in total. The molecule has 0 aliphatic rings. The molecule has 0 aliphatic heterocycles. The first kappa shape index (κ1) is 18.6. The van der Waals surface area contributed by atoms with E-state index in [0.29, 0.717) is 17.0 Å². The van der Waals surface area contributed by atoms with Gasteiger partial charge in [-0.25, -0.2) is 13.2 Å². The van der Waals surface area contributed by atoms with Crippen LogP contribution in [-0.2, 0) is 0 Å². The van der Waals surface area contributed by atoms with Crippen LogP contribution in [0.2, 0.25) is 0 Å². The van der Waals surface area contributed by atoms with Crippen molar-refractivity contribution in [2.75, 3.05) is 0 Å². The zero-order valence-electron chi connectivity index (χ0n) is 14.6. The fraction of sp³-hybridized carbons (Fsp3) is 0.429. The average molecular weight is 334 g/mol. The van der Waals surface area contributed by atoms with Gasteiger partial charge >= 0.3 is 0 Å². The Hall–Kier alpha value is -1.77. The van der Waals surface area contributed by atoms with Gasteiger partial charge in [0.1, 0.15) is 0 Å². The summed E-state index contributed by atoms with van der Waals surface area (Å²) in [5.74, 6) is -2.56. The van der Waals surface area contributed by atoms with E-state index in [2.05, 4.69) is 20.8 Å². The maximum atomic E-state index is 13.4. The molecule has 2 atom stereocenters. The maximum Gasteiger partial charge on any atom is 0.194 e. The van der Waals surface area contributed by atoms with Crippen LogP contribution in [0, 0.1) is 23.4 Å². The van der Waals surface area contributed by atoms with Crippen LogP contribution in [0.15, 0.2) is 36.4 Å². The highest BCUT2D eigenvalue weighted by Crippen LogP contribution is 2.28. The Morgan fingerprint density at radius 3 is 1.92 bits per heavy atom. The molecule has 0 N–H and O–H groups in total. The summed E-state index contributed by atoms with van der Waals surface area (Å²) in [4.78, 5) is 0. The standard InChI is InChI=1S/C21H25F3/c1-4-5-14(2)6-7-15(3)16-8-10-17(11-9-16)18-12-19(22)21(24)20(23)13-18/h8-15H,4-7H2,1-3H3. The van der Waals surface area contributed by atoms with Crippen LogP contribution in [0.1, 0.15) is 57.9 Å². The second-order valence-electron chi connectivity index (χ2n) is 6.75. The first-order valence-corrected chi connectivity index (χ1v) is 8.67. The van der Waals surface area contributed by atoms with Crippen LogP contribution in [0.25, 0.3) is 11.1 Å². The third-order valence-electron chi connectivity index (χ3n) is 4.67. The van der Waals surface area contributed by atoms with E-state index in [1.54, 1.807) is 0 Å². The summed E-state index contributed by atoms with van der Waals surface area (Å²) in [5, 5.41) is 0. The highest BCUT2D eigenvalue weighted by molar-refractivity contribution is 5.64. The van der Waals surface area contributed by atoms with E-state index in [1.165, 1.54) is 24.8 Å². The van der Waals surface area contributed by atoms with Crippen LogP contribution >= 0.6 is 0 Å². The van der Waals surface area contributed by atoms with Crippen molar-refractivity contribution in [1.29, 1.82) is 0 Å². The summed E-state index contributed by atoms with van der Waals surface area (Å²) < 4.78 is 39.8. The molecule has 0 amide bonds. The molecule has 0 saturated carbocycles. The Morgan fingerprint density at radius 1 is 0.792 bits per heavy atom. The van der Waals surface area contributed by atoms with Gasteiger partial charge in [-0.3, -0.25) is 0 Å². The van der Waals surface area contributed by atoms with Gasteiger partial charge in [-0.1, -0.05) is 64.3 Å². The van der Waals surface area contributed by atoms with E-state index >= 15 is 0 Å². The summed E-state index contributed by atoms with van der Waals surface area (Å²) in [7, 11) is 0. The van der Waals surface area contributed by atoms with Crippen molar-refractivity contribution < 1.29 is 13.2 Å². The lowest BCUT2D eigenvalue weighted by Crippen LogP contribution is -1.99. The van der Waals surface area contributed by atoms with Gasteiger partial charge in [0.15, 0.2) is 17.5 Å². The topological polar surface area (TPSA) is 0 Å². The van der Waals surface area contributed by atoms with E-state index in [1.807, 2.05) is 24.3 Å². The van der Waals surface area contributed by atoms with Crippen molar-refractivity contribution in [3.8, 4) is 11.1 Å². The fourth-order valence-electron chi connectivity index (χ4n) is 3.06. The normalized spacial score (nSPS) is 13.8. The van der Waals surface area contributed by atoms with Gasteiger partial charge in [-0.05, 0) is 47.1 Å². The average Bonchev–Trinajstić information content (AvgIpc) is 2.57. The molecule has 3 heteroatoms. The Labute approximate surface area is 142 Å². The highest BCUT2D eigenvalue weighted by atomic mass is 19.2. The van der Waals surface area contributed by atoms with Gasteiger partial charge in [-0.2, -0.15) is 0 Å². The Morgan fingerprint density at radius 2 is 1.38 bits per heavy atom. The Kier molecular flexibility index (Phi) is 6.47. The van der Waals surface area contributed by atoms with E-state index in [9.17, 15) is 13.2 Å². The van der Waals surface area contributed by atoms with E-state index in [4.69, 9.17) is 0 Å². The third kappa shape index (κ3) is 4.62. The summed E-state index contributed by atoms with van der Waals surface area (Å²) in [6.07, 6.45) is 4.80. The van der Waals surface area contributed by atoms with E-state index in [0.717, 1.165) is 24.5 Å². The molecule has 0 aromatic heterocycles. The van der Waals surface area contributed by atoms with Crippen molar-refractivity contribution in [3.05, 3.63) is 59.4 Å². The molecule has 0 bridgehead atoms. The van der Waals surface area contributed by atoms with Crippen LogP contribution in [0.3, 0.4) is 0 Å². The molecular formula is C21H25F3. The van der Waals surface area contributed by atoms with Crippen LogP contribution < -0.4 is 0 Å². The lowest BCUT2D eigenvalue weighted by Gasteiger charge is -2.16. The van der Waals surface area contributed by atoms with Crippen molar-refractivity contribution in [2.24, 2.45) is 5.92 Å². The quantitative estimate of drug-likeness (QED) is 0.474. The maximum absolute atomic E-state index is 13.4. The predicted molar refractivity (Wildman–Crippen MR) is 93.5 cm³/mol. The molecule has 0 radical (unpaired) electrons. The number of hydrogen-bond acceptors (Lipinski definition) is 0. The molecule has 2 rings (SSSR count).